The van der Waals surface area contributed by atoms with E-state index >= 15 is 0 Å². The van der Waals surface area contributed by atoms with Crippen molar-refractivity contribution < 1.29 is 0 Å². The Hall–Kier alpha value is -1.74. The highest BCUT2D eigenvalue weighted by Gasteiger charge is 2.16. The molecule has 1 unspecified atom stereocenters. The third-order valence-electron chi connectivity index (χ3n) is 3.40. The van der Waals surface area contributed by atoms with E-state index in [1.54, 1.807) is 0 Å². The maximum absolute atomic E-state index is 4.59. The molecule has 0 spiro atoms. The van der Waals surface area contributed by atoms with Gasteiger partial charge < -0.3 is 5.32 Å². The first-order valence-corrected chi connectivity index (χ1v) is 7.21. The minimum atomic E-state index is 0.162. The van der Waals surface area contributed by atoms with Gasteiger partial charge in [-0.25, -0.2) is 0 Å². The predicted molar refractivity (Wildman–Crippen MR) is 82.8 cm³/mol. The number of nitrogens with one attached hydrogen (secondary N) is 1. The Morgan fingerprint density at radius 2 is 1.95 bits per heavy atom. The van der Waals surface area contributed by atoms with Crippen LogP contribution < -0.4 is 5.32 Å². The van der Waals surface area contributed by atoms with Gasteiger partial charge in [-0.3, -0.25) is 9.97 Å². The van der Waals surface area contributed by atoms with Crippen molar-refractivity contribution in [2.75, 3.05) is 6.54 Å². The topological polar surface area (TPSA) is 37.8 Å². The second-order valence-electron chi connectivity index (χ2n) is 5.31. The number of pyridine rings is 2. The molecule has 20 heavy (non-hydrogen) atoms. The highest BCUT2D eigenvalue weighted by atomic mass is 14.9. The predicted octanol–water partition coefficient (Wildman–Crippen LogP) is 3.49. The summed E-state index contributed by atoms with van der Waals surface area (Å²) in [5.74, 6) is 0. The molecule has 3 nitrogen and oxygen atoms in total. The molecule has 0 radical (unpaired) electrons. The Morgan fingerprint density at radius 1 is 1.15 bits per heavy atom. The maximum atomic E-state index is 4.59. The summed E-state index contributed by atoms with van der Waals surface area (Å²) in [5, 5.41) is 3.61. The lowest BCUT2D eigenvalue weighted by molar-refractivity contribution is 0.592. The number of nitrogens with zero attached hydrogens (tertiary/aromatic N) is 2. The first-order valence-electron chi connectivity index (χ1n) is 7.21. The molecule has 0 fully saturated rings. The smallest absolute Gasteiger partial charge is 0.0610 e. The summed E-state index contributed by atoms with van der Waals surface area (Å²) in [6.07, 6.45) is 4.94. The van der Waals surface area contributed by atoms with E-state index in [9.17, 15) is 0 Å². The zero-order chi connectivity index (χ0) is 14.5. The lowest BCUT2D eigenvalue weighted by Gasteiger charge is -2.21. The number of hydrogen-bond donors (Lipinski definition) is 1. The Balaban J connectivity index is 2.41. The fourth-order valence-corrected chi connectivity index (χ4v) is 2.43. The number of hydrogen-bond acceptors (Lipinski definition) is 3. The van der Waals surface area contributed by atoms with Crippen LogP contribution in [-0.2, 0) is 0 Å². The van der Waals surface area contributed by atoms with E-state index in [0.717, 1.165) is 24.4 Å². The standard InChI is InChI=1S/C17H23N3/c1-5-8-19-17(15-9-12(2)10-18-11-15)16-7-6-13(3)20-14(16)4/h6-7,9-11,17,19H,5,8H2,1-4H3. The maximum Gasteiger partial charge on any atom is 0.0610 e. The van der Waals surface area contributed by atoms with Crippen molar-refractivity contribution in [1.82, 2.24) is 15.3 Å². The minimum absolute atomic E-state index is 0.162. The Morgan fingerprint density at radius 3 is 2.60 bits per heavy atom. The van der Waals surface area contributed by atoms with Gasteiger partial charge >= 0.3 is 0 Å². The molecule has 1 N–H and O–H groups in total. The van der Waals surface area contributed by atoms with Crippen LogP contribution in [0.2, 0.25) is 0 Å². The van der Waals surface area contributed by atoms with Gasteiger partial charge in [0.2, 0.25) is 0 Å². The van der Waals surface area contributed by atoms with Crippen molar-refractivity contribution in [3.63, 3.8) is 0 Å². The van der Waals surface area contributed by atoms with Gasteiger partial charge in [0.15, 0.2) is 0 Å². The number of aryl methyl sites for hydroxylation is 3. The molecule has 0 bridgehead atoms. The fourth-order valence-electron chi connectivity index (χ4n) is 2.43. The van der Waals surface area contributed by atoms with E-state index in [4.69, 9.17) is 0 Å². The Bertz CT molecular complexity index is 578. The zero-order valence-corrected chi connectivity index (χ0v) is 12.8. The summed E-state index contributed by atoms with van der Waals surface area (Å²) in [4.78, 5) is 8.92. The molecule has 0 aromatic carbocycles. The van der Waals surface area contributed by atoms with Crippen molar-refractivity contribution >= 4 is 0 Å². The lowest BCUT2D eigenvalue weighted by atomic mass is 9.97. The summed E-state index contributed by atoms with van der Waals surface area (Å²) < 4.78 is 0. The van der Waals surface area contributed by atoms with Crippen molar-refractivity contribution in [3.8, 4) is 0 Å². The molecular formula is C17H23N3. The van der Waals surface area contributed by atoms with Gasteiger partial charge in [0, 0.05) is 23.8 Å². The number of aromatic nitrogens is 2. The molecular weight excluding hydrogens is 246 g/mol. The van der Waals surface area contributed by atoms with E-state index in [1.807, 2.05) is 19.3 Å². The largest absolute Gasteiger partial charge is 0.306 e. The van der Waals surface area contributed by atoms with Crippen LogP contribution in [0.25, 0.3) is 0 Å². The molecule has 2 rings (SSSR count). The monoisotopic (exact) mass is 269 g/mol. The van der Waals surface area contributed by atoms with Crippen LogP contribution in [-0.4, -0.2) is 16.5 Å². The zero-order valence-electron chi connectivity index (χ0n) is 12.8. The summed E-state index contributed by atoms with van der Waals surface area (Å²) >= 11 is 0. The summed E-state index contributed by atoms with van der Waals surface area (Å²) in [7, 11) is 0. The molecule has 2 aromatic rings. The highest BCUT2D eigenvalue weighted by molar-refractivity contribution is 5.34. The van der Waals surface area contributed by atoms with Gasteiger partial charge in [0.1, 0.15) is 0 Å². The van der Waals surface area contributed by atoms with E-state index in [2.05, 4.69) is 54.3 Å². The quantitative estimate of drug-likeness (QED) is 0.903. The molecule has 2 aromatic heterocycles. The summed E-state index contributed by atoms with van der Waals surface area (Å²) in [5.41, 5.74) is 5.76. The molecule has 0 saturated carbocycles. The van der Waals surface area contributed by atoms with Crippen LogP contribution in [0.1, 0.15) is 47.5 Å². The van der Waals surface area contributed by atoms with Crippen LogP contribution in [0.3, 0.4) is 0 Å². The van der Waals surface area contributed by atoms with E-state index in [-0.39, 0.29) is 6.04 Å². The van der Waals surface area contributed by atoms with Crippen LogP contribution in [0.15, 0.2) is 30.6 Å². The van der Waals surface area contributed by atoms with Gasteiger partial charge in [-0.1, -0.05) is 19.1 Å². The molecule has 0 aliphatic rings. The van der Waals surface area contributed by atoms with Gasteiger partial charge in [-0.15, -0.1) is 0 Å². The van der Waals surface area contributed by atoms with Crippen molar-refractivity contribution in [2.24, 2.45) is 0 Å². The molecule has 1 atom stereocenters. The lowest BCUT2D eigenvalue weighted by Crippen LogP contribution is -2.24. The molecule has 2 heterocycles. The summed E-state index contributed by atoms with van der Waals surface area (Å²) in [6, 6.07) is 6.61. The molecule has 0 saturated heterocycles. The Labute approximate surface area is 121 Å². The second-order valence-corrected chi connectivity index (χ2v) is 5.31. The van der Waals surface area contributed by atoms with Crippen LogP contribution in [0, 0.1) is 20.8 Å². The van der Waals surface area contributed by atoms with Crippen LogP contribution in [0.5, 0.6) is 0 Å². The van der Waals surface area contributed by atoms with Gasteiger partial charge in [0.25, 0.3) is 0 Å². The van der Waals surface area contributed by atoms with Crippen molar-refractivity contribution in [1.29, 1.82) is 0 Å². The molecule has 0 aliphatic heterocycles. The molecule has 0 amide bonds. The highest BCUT2D eigenvalue weighted by Crippen LogP contribution is 2.24. The van der Waals surface area contributed by atoms with Gasteiger partial charge in [-0.05, 0) is 56.5 Å². The summed E-state index contributed by atoms with van der Waals surface area (Å²) in [6.45, 7) is 9.34. The average Bonchev–Trinajstić information content (AvgIpc) is 2.41. The van der Waals surface area contributed by atoms with Crippen LogP contribution >= 0.6 is 0 Å². The number of rotatable bonds is 5. The van der Waals surface area contributed by atoms with Crippen molar-refractivity contribution in [3.05, 3.63) is 58.7 Å². The normalized spacial score (nSPS) is 12.4. The minimum Gasteiger partial charge on any atom is -0.306 e. The van der Waals surface area contributed by atoms with Crippen LogP contribution in [0.4, 0.5) is 0 Å². The van der Waals surface area contributed by atoms with E-state index in [1.165, 1.54) is 16.7 Å². The SMILES string of the molecule is CCCNC(c1cncc(C)c1)c1ccc(C)nc1C. The Kier molecular flexibility index (Phi) is 4.85. The fraction of sp³-hybridized carbons (Fsp3) is 0.412. The average molecular weight is 269 g/mol. The third-order valence-corrected chi connectivity index (χ3v) is 3.40. The van der Waals surface area contributed by atoms with Crippen molar-refractivity contribution in [2.45, 2.75) is 40.2 Å². The molecule has 3 heteroatoms. The van der Waals surface area contributed by atoms with E-state index in [0.29, 0.717) is 0 Å². The molecule has 106 valence electrons. The molecule has 0 aliphatic carbocycles. The first-order chi connectivity index (χ1) is 9.61. The first kappa shape index (κ1) is 14.7. The van der Waals surface area contributed by atoms with Gasteiger partial charge in [0.05, 0.1) is 6.04 Å². The second kappa shape index (κ2) is 6.62. The third kappa shape index (κ3) is 3.42. The van der Waals surface area contributed by atoms with Gasteiger partial charge in [-0.2, -0.15) is 0 Å². The van der Waals surface area contributed by atoms with E-state index < -0.39 is 0 Å².